The van der Waals surface area contributed by atoms with Crippen molar-refractivity contribution in [2.75, 3.05) is 6.54 Å². The maximum absolute atomic E-state index is 12.7. The molecule has 0 saturated carbocycles. The van der Waals surface area contributed by atoms with Gasteiger partial charge in [0.1, 0.15) is 16.7 Å². The number of aliphatic carboxylic acids is 1. The second-order valence-electron chi connectivity index (χ2n) is 6.43. The summed E-state index contributed by atoms with van der Waals surface area (Å²) in [6.45, 7) is 0.641. The lowest BCUT2D eigenvalue weighted by molar-refractivity contribution is -0.137. The molecule has 0 aromatic heterocycles. The van der Waals surface area contributed by atoms with Crippen molar-refractivity contribution >= 4 is 73.8 Å². The fraction of sp³-hybridized carbons (Fsp3) is 0.190. The van der Waals surface area contributed by atoms with E-state index in [0.717, 1.165) is 15.6 Å². The average molecular weight is 527 g/mol. The molecule has 3 rings (SSSR count). The summed E-state index contributed by atoms with van der Waals surface area (Å²) in [5.74, 6) is -0.490. The van der Waals surface area contributed by atoms with Crippen LogP contribution in [-0.4, -0.2) is 32.7 Å². The molecule has 1 fully saturated rings. The van der Waals surface area contributed by atoms with Crippen molar-refractivity contribution in [1.29, 1.82) is 0 Å². The Labute approximate surface area is 197 Å². The molecule has 1 amide bonds. The van der Waals surface area contributed by atoms with Gasteiger partial charge in [-0.05, 0) is 48.4 Å². The van der Waals surface area contributed by atoms with Gasteiger partial charge >= 0.3 is 5.97 Å². The first-order valence-electron chi connectivity index (χ1n) is 8.97. The Balaban J connectivity index is 1.76. The SMILES string of the molecule is O=C(O)CCCN1C(=O)C(=Cc2cc(Br)ccc2OCc2ccc(Cl)cc2)SC1=S. The molecule has 0 unspecified atom stereocenters. The monoisotopic (exact) mass is 525 g/mol. The highest BCUT2D eigenvalue weighted by atomic mass is 79.9. The predicted molar refractivity (Wildman–Crippen MR) is 127 cm³/mol. The average Bonchev–Trinajstić information content (AvgIpc) is 2.96. The van der Waals surface area contributed by atoms with Crippen LogP contribution in [0.15, 0.2) is 51.8 Å². The zero-order chi connectivity index (χ0) is 21.7. The van der Waals surface area contributed by atoms with E-state index in [1.54, 1.807) is 18.2 Å². The Kier molecular flexibility index (Phi) is 7.93. The number of hydrogen-bond acceptors (Lipinski definition) is 5. The minimum atomic E-state index is -0.896. The van der Waals surface area contributed by atoms with Gasteiger partial charge in [0.05, 0.1) is 4.91 Å². The van der Waals surface area contributed by atoms with E-state index in [4.69, 9.17) is 33.7 Å². The number of carbonyl (C=O) groups excluding carboxylic acids is 1. The van der Waals surface area contributed by atoms with Gasteiger partial charge in [0.25, 0.3) is 5.91 Å². The molecule has 2 aromatic carbocycles. The van der Waals surface area contributed by atoms with Crippen molar-refractivity contribution in [1.82, 2.24) is 4.90 Å². The van der Waals surface area contributed by atoms with E-state index in [1.165, 1.54) is 16.7 Å². The maximum Gasteiger partial charge on any atom is 0.303 e. The highest BCUT2D eigenvalue weighted by Crippen LogP contribution is 2.35. The number of rotatable bonds is 8. The number of thioether (sulfide) groups is 1. The number of ether oxygens (including phenoxy) is 1. The van der Waals surface area contributed by atoms with Gasteiger partial charge in [-0.2, -0.15) is 0 Å². The van der Waals surface area contributed by atoms with E-state index in [9.17, 15) is 9.59 Å². The van der Waals surface area contributed by atoms with Crippen LogP contribution in [0.5, 0.6) is 5.75 Å². The number of hydrogen-bond donors (Lipinski definition) is 1. The molecule has 1 saturated heterocycles. The van der Waals surface area contributed by atoms with E-state index >= 15 is 0 Å². The standard InChI is InChI=1S/C21H17BrClNO4S2/c22-15-5-8-17(28-12-13-3-6-16(23)7-4-13)14(10-15)11-18-20(27)24(21(29)30-18)9-1-2-19(25)26/h3-8,10-11H,1-2,9,12H2,(H,25,26). The lowest BCUT2D eigenvalue weighted by atomic mass is 10.1. The van der Waals surface area contributed by atoms with Gasteiger partial charge in [0, 0.05) is 28.0 Å². The number of amides is 1. The van der Waals surface area contributed by atoms with Gasteiger partial charge in [-0.1, -0.05) is 63.6 Å². The normalized spacial score (nSPS) is 15.1. The maximum atomic E-state index is 12.7. The van der Waals surface area contributed by atoms with E-state index in [0.29, 0.717) is 33.0 Å². The first-order valence-corrected chi connectivity index (χ1v) is 11.4. The van der Waals surface area contributed by atoms with Gasteiger partial charge in [-0.15, -0.1) is 0 Å². The van der Waals surface area contributed by atoms with Gasteiger partial charge < -0.3 is 9.84 Å². The number of carboxylic acid groups (broad SMARTS) is 1. The quantitative estimate of drug-likeness (QED) is 0.349. The molecular weight excluding hydrogens is 510 g/mol. The van der Waals surface area contributed by atoms with Crippen LogP contribution in [0.1, 0.15) is 24.0 Å². The predicted octanol–water partition coefficient (Wildman–Crippen LogP) is 5.75. The largest absolute Gasteiger partial charge is 0.488 e. The molecule has 5 nitrogen and oxygen atoms in total. The molecule has 0 spiro atoms. The van der Waals surface area contributed by atoms with E-state index in [2.05, 4.69) is 15.9 Å². The smallest absolute Gasteiger partial charge is 0.303 e. The summed E-state index contributed by atoms with van der Waals surface area (Å²) >= 11 is 15.9. The van der Waals surface area contributed by atoms with Crippen molar-refractivity contribution in [3.63, 3.8) is 0 Å². The molecule has 0 bridgehead atoms. The number of nitrogens with zero attached hydrogens (tertiary/aromatic N) is 1. The lowest BCUT2D eigenvalue weighted by Crippen LogP contribution is -2.29. The van der Waals surface area contributed by atoms with Crippen LogP contribution < -0.4 is 4.74 Å². The van der Waals surface area contributed by atoms with Crippen LogP contribution in [0.2, 0.25) is 5.02 Å². The Bertz CT molecular complexity index is 1010. The summed E-state index contributed by atoms with van der Waals surface area (Å²) in [5.41, 5.74) is 1.71. The van der Waals surface area contributed by atoms with Gasteiger partial charge in [-0.25, -0.2) is 0 Å². The van der Waals surface area contributed by atoms with Crippen LogP contribution in [0.25, 0.3) is 6.08 Å². The molecule has 1 aliphatic rings. The van der Waals surface area contributed by atoms with E-state index < -0.39 is 5.97 Å². The molecule has 0 radical (unpaired) electrons. The zero-order valence-corrected chi connectivity index (χ0v) is 19.6. The minimum Gasteiger partial charge on any atom is -0.488 e. The van der Waals surface area contributed by atoms with Crippen molar-refractivity contribution in [3.05, 3.63) is 68.0 Å². The molecular formula is C21H17BrClNO4S2. The Morgan fingerprint density at radius 3 is 2.70 bits per heavy atom. The second-order valence-corrected chi connectivity index (χ2v) is 9.46. The number of halogens is 2. The van der Waals surface area contributed by atoms with Crippen molar-refractivity contribution in [3.8, 4) is 5.75 Å². The van der Waals surface area contributed by atoms with Crippen molar-refractivity contribution in [2.24, 2.45) is 0 Å². The van der Waals surface area contributed by atoms with Crippen LogP contribution in [0.3, 0.4) is 0 Å². The van der Waals surface area contributed by atoms with Crippen molar-refractivity contribution < 1.29 is 19.4 Å². The van der Waals surface area contributed by atoms with Crippen LogP contribution in [0, 0.1) is 0 Å². The summed E-state index contributed by atoms with van der Waals surface area (Å²) in [6.07, 6.45) is 2.09. The van der Waals surface area contributed by atoms with Gasteiger partial charge in [-0.3, -0.25) is 14.5 Å². The molecule has 30 heavy (non-hydrogen) atoms. The molecule has 1 aliphatic heterocycles. The van der Waals surface area contributed by atoms with Crippen molar-refractivity contribution in [2.45, 2.75) is 19.4 Å². The molecule has 0 aliphatic carbocycles. The number of benzene rings is 2. The zero-order valence-electron chi connectivity index (χ0n) is 15.6. The fourth-order valence-corrected chi connectivity index (χ4v) is 4.53. The Hall–Kier alpha value is -1.87. The first-order chi connectivity index (χ1) is 14.3. The third-order valence-electron chi connectivity index (χ3n) is 4.21. The number of thiocarbonyl (C=S) groups is 1. The molecule has 2 aromatic rings. The highest BCUT2D eigenvalue weighted by Gasteiger charge is 2.31. The van der Waals surface area contributed by atoms with E-state index in [1.807, 2.05) is 30.3 Å². The van der Waals surface area contributed by atoms with Crippen LogP contribution in [-0.2, 0) is 16.2 Å². The number of carbonyl (C=O) groups is 2. The topological polar surface area (TPSA) is 66.8 Å². The summed E-state index contributed by atoms with van der Waals surface area (Å²) in [4.78, 5) is 25.4. The van der Waals surface area contributed by atoms with Crippen LogP contribution >= 0.6 is 51.5 Å². The third kappa shape index (κ3) is 6.07. The summed E-state index contributed by atoms with van der Waals surface area (Å²) in [7, 11) is 0. The minimum absolute atomic E-state index is 0.00950. The fourth-order valence-electron chi connectivity index (χ4n) is 2.73. The molecule has 1 N–H and O–H groups in total. The number of carboxylic acids is 1. The molecule has 0 atom stereocenters. The van der Waals surface area contributed by atoms with E-state index in [-0.39, 0.29) is 18.9 Å². The van der Waals surface area contributed by atoms with Gasteiger partial charge in [0.15, 0.2) is 0 Å². The van der Waals surface area contributed by atoms with Crippen LogP contribution in [0.4, 0.5) is 0 Å². The highest BCUT2D eigenvalue weighted by molar-refractivity contribution is 9.10. The third-order valence-corrected chi connectivity index (χ3v) is 6.33. The molecule has 9 heteroatoms. The Morgan fingerprint density at radius 1 is 1.27 bits per heavy atom. The van der Waals surface area contributed by atoms with Gasteiger partial charge in [0.2, 0.25) is 0 Å². The molecule has 156 valence electrons. The first kappa shape index (κ1) is 22.8. The summed E-state index contributed by atoms with van der Waals surface area (Å²) in [5, 5.41) is 9.45. The molecule has 1 heterocycles. The summed E-state index contributed by atoms with van der Waals surface area (Å²) < 4.78 is 7.25. The Morgan fingerprint density at radius 2 is 2.00 bits per heavy atom. The summed E-state index contributed by atoms with van der Waals surface area (Å²) in [6, 6.07) is 13.0. The lowest BCUT2D eigenvalue weighted by Gasteiger charge is -2.13. The second kappa shape index (κ2) is 10.4.